The molecule has 0 saturated carbocycles. The molecule has 0 aliphatic heterocycles. The van der Waals surface area contributed by atoms with Crippen molar-refractivity contribution in [2.24, 2.45) is 0 Å². The lowest BCUT2D eigenvalue weighted by atomic mass is 9.97. The van der Waals surface area contributed by atoms with Crippen molar-refractivity contribution in [1.82, 2.24) is 15.3 Å². The van der Waals surface area contributed by atoms with Crippen molar-refractivity contribution in [1.29, 1.82) is 0 Å². The minimum atomic E-state index is 0.581. The molecular weight excluding hydrogens is 324 g/mol. The van der Waals surface area contributed by atoms with Crippen LogP contribution in [-0.2, 0) is 0 Å². The number of hydrogen-bond acceptors (Lipinski definition) is 3. The molecule has 0 fully saturated rings. The molecule has 1 heterocycles. The van der Waals surface area contributed by atoms with Gasteiger partial charge in [0.2, 0.25) is 0 Å². The number of nitrogens with one attached hydrogen (secondary N) is 2. The van der Waals surface area contributed by atoms with Crippen LogP contribution in [0.4, 0.5) is 5.82 Å². The summed E-state index contributed by atoms with van der Waals surface area (Å²) < 4.78 is 0.661. The molecule has 1 aliphatic rings. The monoisotopic (exact) mass is 340 g/mol. The topological polar surface area (TPSA) is 49.8 Å². The highest BCUT2D eigenvalue weighted by molar-refractivity contribution is 9.10. The van der Waals surface area contributed by atoms with Crippen LogP contribution in [0, 0.1) is 0 Å². The molecule has 2 N–H and O–H groups in total. The molecular formula is C13H17BrN4S. The van der Waals surface area contributed by atoms with Crippen LogP contribution < -0.4 is 10.6 Å². The predicted molar refractivity (Wildman–Crippen MR) is 85.1 cm³/mol. The normalized spacial score (nSPS) is 14.7. The highest BCUT2D eigenvalue weighted by atomic mass is 79.9. The molecule has 2 rings (SSSR count). The highest BCUT2D eigenvalue weighted by Crippen LogP contribution is 2.19. The lowest BCUT2D eigenvalue weighted by molar-refractivity contribution is 0.669. The van der Waals surface area contributed by atoms with Gasteiger partial charge in [-0.25, -0.2) is 9.97 Å². The fourth-order valence-electron chi connectivity index (χ4n) is 2.02. The van der Waals surface area contributed by atoms with Crippen molar-refractivity contribution >= 4 is 39.1 Å². The van der Waals surface area contributed by atoms with Gasteiger partial charge in [0.15, 0.2) is 10.9 Å². The third-order valence-corrected chi connectivity index (χ3v) is 3.83. The van der Waals surface area contributed by atoms with Crippen LogP contribution in [0.2, 0.25) is 0 Å². The first-order valence-corrected chi connectivity index (χ1v) is 7.65. The number of allylic oxidation sites excluding steroid dienone is 1. The molecule has 19 heavy (non-hydrogen) atoms. The summed E-state index contributed by atoms with van der Waals surface area (Å²) in [5, 5.41) is 6.81. The molecule has 0 spiro atoms. The lowest BCUT2D eigenvalue weighted by Crippen LogP contribution is -2.30. The van der Waals surface area contributed by atoms with E-state index in [1.807, 2.05) is 0 Å². The molecule has 6 heteroatoms. The van der Waals surface area contributed by atoms with Crippen molar-refractivity contribution in [3.05, 3.63) is 28.6 Å². The average Bonchev–Trinajstić information content (AvgIpc) is 2.43. The fourth-order valence-corrected chi connectivity index (χ4v) is 2.54. The molecule has 0 saturated heterocycles. The van der Waals surface area contributed by atoms with Gasteiger partial charge in [0.1, 0.15) is 4.60 Å². The fraction of sp³-hybridized carbons (Fsp3) is 0.462. The zero-order chi connectivity index (χ0) is 13.5. The first kappa shape index (κ1) is 14.4. The van der Waals surface area contributed by atoms with Gasteiger partial charge in [0.05, 0.1) is 0 Å². The smallest absolute Gasteiger partial charge is 0.172 e. The maximum Gasteiger partial charge on any atom is 0.172 e. The predicted octanol–water partition coefficient (Wildman–Crippen LogP) is 3.42. The number of rotatable bonds is 4. The molecule has 0 atom stereocenters. The molecule has 4 nitrogen and oxygen atoms in total. The maximum absolute atomic E-state index is 5.23. The molecule has 0 aromatic carbocycles. The van der Waals surface area contributed by atoms with E-state index in [9.17, 15) is 0 Å². The summed E-state index contributed by atoms with van der Waals surface area (Å²) in [6.07, 6.45) is 11.8. The maximum atomic E-state index is 5.23. The lowest BCUT2D eigenvalue weighted by Gasteiger charge is -2.14. The molecule has 1 aromatic rings. The Balaban J connectivity index is 1.73. The Bertz CT molecular complexity index is 475. The Morgan fingerprint density at radius 3 is 2.89 bits per heavy atom. The van der Waals surface area contributed by atoms with E-state index in [1.165, 1.54) is 25.7 Å². The van der Waals surface area contributed by atoms with E-state index in [1.54, 1.807) is 18.0 Å². The summed E-state index contributed by atoms with van der Waals surface area (Å²) in [5.41, 5.74) is 1.54. The number of nitrogens with zero attached hydrogens (tertiary/aromatic N) is 2. The highest BCUT2D eigenvalue weighted by Gasteiger charge is 2.05. The van der Waals surface area contributed by atoms with Crippen LogP contribution in [0.25, 0.3) is 0 Å². The van der Waals surface area contributed by atoms with Gasteiger partial charge in [0.25, 0.3) is 0 Å². The van der Waals surface area contributed by atoms with Crippen molar-refractivity contribution < 1.29 is 0 Å². The minimum Gasteiger partial charge on any atom is -0.362 e. The van der Waals surface area contributed by atoms with Gasteiger partial charge >= 0.3 is 0 Å². The van der Waals surface area contributed by atoms with Gasteiger partial charge in [-0.2, -0.15) is 0 Å². The quantitative estimate of drug-likeness (QED) is 0.649. The summed E-state index contributed by atoms with van der Waals surface area (Å²) >= 11 is 8.56. The van der Waals surface area contributed by atoms with Crippen molar-refractivity contribution in [3.8, 4) is 0 Å². The molecule has 1 aliphatic carbocycles. The Kier molecular flexibility index (Phi) is 5.72. The second kappa shape index (κ2) is 7.55. The van der Waals surface area contributed by atoms with E-state index in [0.29, 0.717) is 15.5 Å². The van der Waals surface area contributed by atoms with Gasteiger partial charge in [-0.05, 0) is 60.3 Å². The number of thiocarbonyl (C=S) groups is 1. The van der Waals surface area contributed by atoms with Crippen molar-refractivity contribution in [2.45, 2.75) is 32.1 Å². The molecule has 0 radical (unpaired) electrons. The van der Waals surface area contributed by atoms with Crippen LogP contribution >= 0.6 is 28.1 Å². The zero-order valence-corrected chi connectivity index (χ0v) is 13.1. The van der Waals surface area contributed by atoms with E-state index in [4.69, 9.17) is 12.2 Å². The van der Waals surface area contributed by atoms with Crippen LogP contribution in [0.1, 0.15) is 32.1 Å². The number of aromatic nitrogens is 2. The first-order valence-electron chi connectivity index (χ1n) is 6.45. The summed E-state index contributed by atoms with van der Waals surface area (Å²) in [6, 6.07) is 0. The summed E-state index contributed by atoms with van der Waals surface area (Å²) in [4.78, 5) is 8.24. The molecule has 0 bridgehead atoms. The Labute approximate surface area is 127 Å². The molecule has 0 unspecified atom stereocenters. The molecule has 102 valence electrons. The van der Waals surface area contributed by atoms with Crippen LogP contribution in [0.5, 0.6) is 0 Å². The number of halogens is 1. The van der Waals surface area contributed by atoms with Crippen LogP contribution in [0.15, 0.2) is 28.6 Å². The standard InChI is InChI=1S/C13H17BrN4S/c14-11-12(16-9-8-15-11)18-13(19)17-7-6-10-4-2-1-3-5-10/h4,8-9H,1-3,5-7H2,(H2,16,17,18,19). The first-order chi connectivity index (χ1) is 9.25. The van der Waals surface area contributed by atoms with E-state index in [0.717, 1.165) is 13.0 Å². The van der Waals surface area contributed by atoms with Crippen LogP contribution in [0.3, 0.4) is 0 Å². The third kappa shape index (κ3) is 4.87. The second-order valence-electron chi connectivity index (χ2n) is 4.43. The summed E-state index contributed by atoms with van der Waals surface area (Å²) in [5.74, 6) is 0.636. The third-order valence-electron chi connectivity index (χ3n) is 3.00. The second-order valence-corrected chi connectivity index (χ2v) is 5.59. The van der Waals surface area contributed by atoms with E-state index >= 15 is 0 Å². The Hall–Kier alpha value is -1.01. The zero-order valence-electron chi connectivity index (χ0n) is 10.7. The Morgan fingerprint density at radius 2 is 2.16 bits per heavy atom. The summed E-state index contributed by atoms with van der Waals surface area (Å²) in [6.45, 7) is 0.857. The molecule has 0 amide bonds. The van der Waals surface area contributed by atoms with E-state index in [2.05, 4.69) is 42.6 Å². The van der Waals surface area contributed by atoms with Gasteiger partial charge in [0, 0.05) is 18.9 Å². The van der Waals surface area contributed by atoms with Crippen molar-refractivity contribution in [2.75, 3.05) is 11.9 Å². The molecule has 1 aromatic heterocycles. The van der Waals surface area contributed by atoms with Crippen molar-refractivity contribution in [3.63, 3.8) is 0 Å². The largest absolute Gasteiger partial charge is 0.362 e. The Morgan fingerprint density at radius 1 is 1.32 bits per heavy atom. The summed E-state index contributed by atoms with van der Waals surface area (Å²) in [7, 11) is 0. The SMILES string of the molecule is S=C(NCCC1=CCCCC1)Nc1nccnc1Br. The van der Waals surface area contributed by atoms with Crippen LogP contribution in [-0.4, -0.2) is 21.6 Å². The minimum absolute atomic E-state index is 0.581. The average molecular weight is 341 g/mol. The van der Waals surface area contributed by atoms with Gasteiger partial charge in [-0.3, -0.25) is 0 Å². The number of hydrogen-bond donors (Lipinski definition) is 2. The van der Waals surface area contributed by atoms with Gasteiger partial charge in [-0.1, -0.05) is 11.6 Å². The van der Waals surface area contributed by atoms with Gasteiger partial charge in [-0.15, -0.1) is 0 Å². The van der Waals surface area contributed by atoms with E-state index < -0.39 is 0 Å². The number of anilines is 1. The van der Waals surface area contributed by atoms with Gasteiger partial charge < -0.3 is 10.6 Å². The van der Waals surface area contributed by atoms with E-state index in [-0.39, 0.29) is 0 Å².